The SMILES string of the molecule is COCCOCC(=O)COC. The highest BCUT2D eigenvalue weighted by Crippen LogP contribution is 1.79. The molecule has 0 heterocycles. The molecule has 0 amide bonds. The van der Waals surface area contributed by atoms with Crippen molar-refractivity contribution in [3.8, 4) is 0 Å². The second-order valence-corrected chi connectivity index (χ2v) is 2.02. The normalized spacial score (nSPS) is 10.0. The summed E-state index contributed by atoms with van der Waals surface area (Å²) in [6.45, 7) is 1.19. The number of rotatable bonds is 7. The predicted octanol–water partition coefficient (Wildman–Crippen LogP) is -0.135. The summed E-state index contributed by atoms with van der Waals surface area (Å²) in [6, 6.07) is 0. The van der Waals surface area contributed by atoms with Gasteiger partial charge in [-0.3, -0.25) is 4.79 Å². The van der Waals surface area contributed by atoms with Gasteiger partial charge in [-0.2, -0.15) is 0 Å². The first-order chi connectivity index (χ1) is 5.31. The zero-order valence-corrected chi connectivity index (χ0v) is 6.96. The monoisotopic (exact) mass is 162 g/mol. The molecule has 0 atom stereocenters. The van der Waals surface area contributed by atoms with Gasteiger partial charge in [-0.15, -0.1) is 0 Å². The minimum Gasteiger partial charge on any atom is -0.382 e. The third-order valence-electron chi connectivity index (χ3n) is 1.00. The Morgan fingerprint density at radius 3 is 2.36 bits per heavy atom. The lowest BCUT2D eigenvalue weighted by Gasteiger charge is -2.01. The van der Waals surface area contributed by atoms with Crippen molar-refractivity contribution in [3.63, 3.8) is 0 Å². The molecule has 0 unspecified atom stereocenters. The van der Waals surface area contributed by atoms with E-state index in [-0.39, 0.29) is 19.0 Å². The van der Waals surface area contributed by atoms with E-state index in [1.54, 1.807) is 7.11 Å². The third-order valence-corrected chi connectivity index (χ3v) is 1.00. The highest BCUT2D eigenvalue weighted by molar-refractivity contribution is 5.80. The molecule has 0 spiro atoms. The Hall–Kier alpha value is -0.450. The van der Waals surface area contributed by atoms with Gasteiger partial charge in [-0.05, 0) is 0 Å². The lowest BCUT2D eigenvalue weighted by atomic mass is 10.4. The molecular formula is C7H14O4. The summed E-state index contributed by atoms with van der Waals surface area (Å²) in [5.41, 5.74) is 0. The number of hydrogen-bond donors (Lipinski definition) is 0. The van der Waals surface area contributed by atoms with Crippen molar-refractivity contribution in [2.45, 2.75) is 0 Å². The first kappa shape index (κ1) is 10.6. The molecule has 0 aromatic heterocycles. The molecule has 11 heavy (non-hydrogen) atoms. The molecule has 0 saturated heterocycles. The molecule has 4 heteroatoms. The lowest BCUT2D eigenvalue weighted by molar-refractivity contribution is -0.127. The van der Waals surface area contributed by atoms with Crippen LogP contribution in [0.4, 0.5) is 0 Å². The minimum atomic E-state index is -0.0522. The summed E-state index contributed by atoms with van der Waals surface area (Å²) in [6.07, 6.45) is 0. The largest absolute Gasteiger partial charge is 0.382 e. The first-order valence-electron chi connectivity index (χ1n) is 3.38. The second kappa shape index (κ2) is 7.65. The predicted molar refractivity (Wildman–Crippen MR) is 39.6 cm³/mol. The van der Waals surface area contributed by atoms with Crippen LogP contribution in [0.3, 0.4) is 0 Å². The van der Waals surface area contributed by atoms with E-state index in [1.165, 1.54) is 7.11 Å². The van der Waals surface area contributed by atoms with Crippen molar-refractivity contribution in [1.82, 2.24) is 0 Å². The first-order valence-corrected chi connectivity index (χ1v) is 3.38. The maximum atomic E-state index is 10.7. The van der Waals surface area contributed by atoms with Crippen LogP contribution in [0.25, 0.3) is 0 Å². The molecule has 0 N–H and O–H groups in total. The molecule has 66 valence electrons. The molecule has 0 rings (SSSR count). The van der Waals surface area contributed by atoms with Gasteiger partial charge in [0.2, 0.25) is 0 Å². The molecule has 0 radical (unpaired) electrons. The average molecular weight is 162 g/mol. The fourth-order valence-electron chi connectivity index (χ4n) is 0.531. The minimum absolute atomic E-state index is 0.0522. The molecule has 0 aliphatic rings. The summed E-state index contributed by atoms with van der Waals surface area (Å²) < 4.78 is 14.2. The lowest BCUT2D eigenvalue weighted by Crippen LogP contribution is -2.15. The Bertz CT molecular complexity index is 103. The van der Waals surface area contributed by atoms with Crippen LogP contribution >= 0.6 is 0 Å². The van der Waals surface area contributed by atoms with Gasteiger partial charge in [-0.1, -0.05) is 0 Å². The zero-order valence-electron chi connectivity index (χ0n) is 6.96. The van der Waals surface area contributed by atoms with Gasteiger partial charge in [0.1, 0.15) is 13.2 Å². The Kier molecular flexibility index (Phi) is 7.34. The third kappa shape index (κ3) is 7.45. The number of carbonyl (C=O) groups is 1. The molecule has 0 aromatic carbocycles. The van der Waals surface area contributed by atoms with Crippen molar-refractivity contribution >= 4 is 5.78 Å². The molecule has 0 bridgehead atoms. The van der Waals surface area contributed by atoms with Crippen molar-refractivity contribution < 1.29 is 19.0 Å². The van der Waals surface area contributed by atoms with Crippen LogP contribution < -0.4 is 0 Å². The Labute approximate surface area is 66.4 Å². The Balaban J connectivity index is 3.04. The van der Waals surface area contributed by atoms with E-state index >= 15 is 0 Å². The molecule has 0 aliphatic carbocycles. The van der Waals surface area contributed by atoms with E-state index in [0.717, 1.165) is 0 Å². The fourth-order valence-corrected chi connectivity index (χ4v) is 0.531. The number of ether oxygens (including phenoxy) is 3. The van der Waals surface area contributed by atoms with Crippen LogP contribution in [0.5, 0.6) is 0 Å². The van der Waals surface area contributed by atoms with Gasteiger partial charge >= 0.3 is 0 Å². The molecule has 0 aliphatic heterocycles. The van der Waals surface area contributed by atoms with E-state index in [4.69, 9.17) is 9.47 Å². The van der Waals surface area contributed by atoms with Crippen molar-refractivity contribution in [3.05, 3.63) is 0 Å². The highest BCUT2D eigenvalue weighted by Gasteiger charge is 1.99. The van der Waals surface area contributed by atoms with E-state index in [9.17, 15) is 4.79 Å². The van der Waals surface area contributed by atoms with Gasteiger partial charge in [0, 0.05) is 14.2 Å². The van der Waals surface area contributed by atoms with E-state index in [2.05, 4.69) is 4.74 Å². The van der Waals surface area contributed by atoms with Gasteiger partial charge in [0.25, 0.3) is 0 Å². The second-order valence-electron chi connectivity index (χ2n) is 2.02. The molecular weight excluding hydrogens is 148 g/mol. The van der Waals surface area contributed by atoms with E-state index in [1.807, 2.05) is 0 Å². The summed E-state index contributed by atoms with van der Waals surface area (Å²) in [5, 5.41) is 0. The standard InChI is InChI=1S/C7H14O4/c1-9-3-4-11-6-7(8)5-10-2/h3-6H2,1-2H3. The Morgan fingerprint density at radius 1 is 1.09 bits per heavy atom. The van der Waals surface area contributed by atoms with Crippen molar-refractivity contribution in [2.75, 3.05) is 40.6 Å². The van der Waals surface area contributed by atoms with E-state index < -0.39 is 0 Å². The van der Waals surface area contributed by atoms with Crippen LogP contribution in [-0.4, -0.2) is 46.4 Å². The zero-order chi connectivity index (χ0) is 8.53. The fraction of sp³-hybridized carbons (Fsp3) is 0.857. The number of hydrogen-bond acceptors (Lipinski definition) is 4. The van der Waals surface area contributed by atoms with Gasteiger partial charge < -0.3 is 14.2 Å². The van der Waals surface area contributed by atoms with Crippen LogP contribution in [-0.2, 0) is 19.0 Å². The number of Topliss-reactive ketones (excluding diaryl/α,β-unsaturated/α-hetero) is 1. The van der Waals surface area contributed by atoms with Crippen LogP contribution in [0.15, 0.2) is 0 Å². The number of ketones is 1. The van der Waals surface area contributed by atoms with Crippen LogP contribution in [0, 0.1) is 0 Å². The number of methoxy groups -OCH3 is 2. The summed E-state index contributed by atoms with van der Waals surface area (Å²) in [7, 11) is 3.06. The molecule has 0 fully saturated rings. The van der Waals surface area contributed by atoms with Crippen LogP contribution in [0.1, 0.15) is 0 Å². The van der Waals surface area contributed by atoms with Crippen molar-refractivity contribution in [1.29, 1.82) is 0 Å². The molecule has 0 aromatic rings. The topological polar surface area (TPSA) is 44.8 Å². The van der Waals surface area contributed by atoms with Crippen LogP contribution in [0.2, 0.25) is 0 Å². The maximum absolute atomic E-state index is 10.7. The summed E-state index contributed by atoms with van der Waals surface area (Å²) in [5.74, 6) is -0.0522. The van der Waals surface area contributed by atoms with Gasteiger partial charge in [0.05, 0.1) is 13.2 Å². The Morgan fingerprint density at radius 2 is 1.82 bits per heavy atom. The summed E-state index contributed by atoms with van der Waals surface area (Å²) >= 11 is 0. The summed E-state index contributed by atoms with van der Waals surface area (Å²) in [4.78, 5) is 10.7. The average Bonchev–Trinajstić information content (AvgIpc) is 1.99. The van der Waals surface area contributed by atoms with E-state index in [0.29, 0.717) is 13.2 Å². The molecule has 4 nitrogen and oxygen atoms in total. The smallest absolute Gasteiger partial charge is 0.183 e. The van der Waals surface area contributed by atoms with Gasteiger partial charge in [-0.25, -0.2) is 0 Å². The maximum Gasteiger partial charge on any atom is 0.183 e. The van der Waals surface area contributed by atoms with Gasteiger partial charge in [0.15, 0.2) is 5.78 Å². The molecule has 0 saturated carbocycles. The van der Waals surface area contributed by atoms with Crippen molar-refractivity contribution in [2.24, 2.45) is 0 Å². The quantitative estimate of drug-likeness (QED) is 0.489. The number of carbonyl (C=O) groups excluding carboxylic acids is 1. The highest BCUT2D eigenvalue weighted by atomic mass is 16.5.